The van der Waals surface area contributed by atoms with Crippen molar-refractivity contribution in [3.05, 3.63) is 59.1 Å². The van der Waals surface area contributed by atoms with Crippen LogP contribution in [-0.4, -0.2) is 0 Å². The fourth-order valence-electron chi connectivity index (χ4n) is 2.46. The molecule has 0 aliphatic carbocycles. The fraction of sp³-hybridized carbons (Fsp3) is 0.0667. The van der Waals surface area contributed by atoms with Crippen molar-refractivity contribution in [3.8, 4) is 0 Å². The molecule has 3 heteroatoms. The monoisotopic (exact) mass is 256 g/mol. The van der Waals surface area contributed by atoms with E-state index in [-0.39, 0.29) is 0 Å². The fourth-order valence-corrected chi connectivity index (χ4v) is 2.79. The van der Waals surface area contributed by atoms with Gasteiger partial charge in [0.05, 0.1) is 5.02 Å². The topological polar surface area (TPSA) is 38.0 Å². The van der Waals surface area contributed by atoms with Crippen LogP contribution >= 0.6 is 11.6 Å². The first-order valence-corrected chi connectivity index (χ1v) is 6.22. The number of nitrogens with two attached hydrogens (primary N) is 1. The lowest BCUT2D eigenvalue weighted by molar-refractivity contribution is 0.749. The molecular formula is C15H13ClN2. The highest BCUT2D eigenvalue weighted by Gasteiger charge is 2.11. The Morgan fingerprint density at radius 2 is 1.28 bits per heavy atom. The van der Waals surface area contributed by atoms with Crippen LogP contribution < -0.4 is 11.3 Å². The SMILES string of the molecule is NNCc1c2ccccc2c(Cl)c2ccccc12. The van der Waals surface area contributed by atoms with Gasteiger partial charge in [0, 0.05) is 17.3 Å². The van der Waals surface area contributed by atoms with Crippen LogP contribution in [0.25, 0.3) is 21.5 Å². The third kappa shape index (κ3) is 1.66. The van der Waals surface area contributed by atoms with E-state index in [0.717, 1.165) is 26.6 Å². The van der Waals surface area contributed by atoms with Gasteiger partial charge >= 0.3 is 0 Å². The van der Waals surface area contributed by atoms with Crippen LogP contribution in [0.5, 0.6) is 0 Å². The standard InChI is InChI=1S/C15H13ClN2/c16-15-12-7-3-1-5-10(12)14(9-18-17)11-6-2-4-8-13(11)15/h1-8,18H,9,17H2. The minimum Gasteiger partial charge on any atom is -0.271 e. The Kier molecular flexibility index (Phi) is 2.92. The summed E-state index contributed by atoms with van der Waals surface area (Å²) in [6.45, 7) is 0.623. The molecule has 0 radical (unpaired) electrons. The van der Waals surface area contributed by atoms with E-state index in [1.165, 1.54) is 5.56 Å². The van der Waals surface area contributed by atoms with Gasteiger partial charge in [0.2, 0.25) is 0 Å². The molecule has 0 aromatic heterocycles. The number of hydrazine groups is 1. The number of hydrogen-bond donors (Lipinski definition) is 2. The van der Waals surface area contributed by atoms with Crippen LogP contribution in [0.15, 0.2) is 48.5 Å². The predicted octanol–water partition coefficient (Wildman–Crippen LogP) is 3.61. The number of halogens is 1. The van der Waals surface area contributed by atoms with Gasteiger partial charge in [0.1, 0.15) is 0 Å². The van der Waals surface area contributed by atoms with Gasteiger partial charge in [-0.25, -0.2) is 0 Å². The van der Waals surface area contributed by atoms with E-state index in [1.807, 2.05) is 36.4 Å². The van der Waals surface area contributed by atoms with Gasteiger partial charge in [-0.1, -0.05) is 60.1 Å². The smallest absolute Gasteiger partial charge is 0.0562 e. The lowest BCUT2D eigenvalue weighted by atomic mass is 9.97. The lowest BCUT2D eigenvalue weighted by Crippen LogP contribution is -2.21. The Hall–Kier alpha value is -1.61. The zero-order chi connectivity index (χ0) is 12.5. The van der Waals surface area contributed by atoms with Crippen molar-refractivity contribution < 1.29 is 0 Å². The van der Waals surface area contributed by atoms with E-state index in [2.05, 4.69) is 17.6 Å². The maximum Gasteiger partial charge on any atom is 0.0562 e. The van der Waals surface area contributed by atoms with Crippen LogP contribution in [-0.2, 0) is 6.54 Å². The maximum atomic E-state index is 6.49. The summed E-state index contributed by atoms with van der Waals surface area (Å²) in [5, 5.41) is 5.26. The molecule has 0 unspecified atom stereocenters. The summed E-state index contributed by atoms with van der Waals surface area (Å²) in [6, 6.07) is 16.3. The molecular weight excluding hydrogens is 244 g/mol. The average Bonchev–Trinajstić information content (AvgIpc) is 2.43. The van der Waals surface area contributed by atoms with Crippen molar-refractivity contribution in [3.63, 3.8) is 0 Å². The highest BCUT2D eigenvalue weighted by atomic mass is 35.5. The molecule has 0 saturated heterocycles. The molecule has 3 aromatic carbocycles. The zero-order valence-electron chi connectivity index (χ0n) is 9.78. The Bertz CT molecular complexity index is 665. The normalized spacial score (nSPS) is 11.2. The second-order valence-electron chi connectivity index (χ2n) is 4.26. The van der Waals surface area contributed by atoms with Gasteiger partial charge in [-0.2, -0.15) is 0 Å². The van der Waals surface area contributed by atoms with E-state index in [4.69, 9.17) is 17.4 Å². The molecule has 0 amide bonds. The summed E-state index contributed by atoms with van der Waals surface area (Å²) < 4.78 is 0. The quantitative estimate of drug-likeness (QED) is 0.418. The van der Waals surface area contributed by atoms with Gasteiger partial charge in [-0.05, 0) is 16.3 Å². The number of hydrogen-bond acceptors (Lipinski definition) is 2. The third-order valence-electron chi connectivity index (χ3n) is 3.26. The summed E-state index contributed by atoms with van der Waals surface area (Å²) >= 11 is 6.49. The Morgan fingerprint density at radius 3 is 1.72 bits per heavy atom. The van der Waals surface area contributed by atoms with Crippen molar-refractivity contribution in [1.82, 2.24) is 5.43 Å². The molecule has 90 valence electrons. The summed E-state index contributed by atoms with van der Waals surface area (Å²) in [5.41, 5.74) is 3.93. The second-order valence-corrected chi connectivity index (χ2v) is 4.64. The molecule has 0 saturated carbocycles. The van der Waals surface area contributed by atoms with Crippen molar-refractivity contribution in [2.24, 2.45) is 5.84 Å². The predicted molar refractivity (Wildman–Crippen MR) is 77.5 cm³/mol. The molecule has 0 spiro atoms. The van der Waals surface area contributed by atoms with E-state index in [0.29, 0.717) is 6.54 Å². The van der Waals surface area contributed by atoms with Crippen molar-refractivity contribution in [1.29, 1.82) is 0 Å². The van der Waals surface area contributed by atoms with Gasteiger partial charge in [-0.15, -0.1) is 0 Å². The van der Waals surface area contributed by atoms with Crippen molar-refractivity contribution in [2.45, 2.75) is 6.54 Å². The van der Waals surface area contributed by atoms with Gasteiger partial charge in [-0.3, -0.25) is 11.3 Å². The van der Waals surface area contributed by atoms with Crippen LogP contribution in [0.1, 0.15) is 5.56 Å². The molecule has 3 rings (SSSR count). The molecule has 2 nitrogen and oxygen atoms in total. The second kappa shape index (κ2) is 4.58. The Morgan fingerprint density at radius 1 is 0.833 bits per heavy atom. The molecule has 0 bridgehead atoms. The third-order valence-corrected chi connectivity index (χ3v) is 3.66. The van der Waals surface area contributed by atoms with Crippen molar-refractivity contribution in [2.75, 3.05) is 0 Å². The highest BCUT2D eigenvalue weighted by molar-refractivity contribution is 6.41. The van der Waals surface area contributed by atoms with E-state index in [9.17, 15) is 0 Å². The Labute approximate surface area is 110 Å². The minimum atomic E-state index is 0.623. The molecule has 3 N–H and O–H groups in total. The summed E-state index contributed by atoms with van der Waals surface area (Å²) in [5.74, 6) is 5.50. The van der Waals surface area contributed by atoms with E-state index in [1.54, 1.807) is 0 Å². The Balaban J connectivity index is 2.54. The maximum absolute atomic E-state index is 6.49. The number of nitrogens with one attached hydrogen (secondary N) is 1. The van der Waals surface area contributed by atoms with E-state index >= 15 is 0 Å². The summed E-state index contributed by atoms with van der Waals surface area (Å²) in [6.07, 6.45) is 0. The first-order chi connectivity index (χ1) is 8.83. The molecule has 18 heavy (non-hydrogen) atoms. The zero-order valence-corrected chi connectivity index (χ0v) is 10.5. The number of fused-ring (bicyclic) bond motifs is 2. The molecule has 0 heterocycles. The van der Waals surface area contributed by atoms with Crippen LogP contribution in [0.3, 0.4) is 0 Å². The molecule has 0 fully saturated rings. The summed E-state index contributed by atoms with van der Waals surface area (Å²) in [4.78, 5) is 0. The molecule has 3 aromatic rings. The molecule has 0 aliphatic heterocycles. The lowest BCUT2D eigenvalue weighted by Gasteiger charge is -2.13. The first kappa shape index (κ1) is 11.5. The van der Waals surface area contributed by atoms with Crippen LogP contribution in [0, 0.1) is 0 Å². The number of rotatable bonds is 2. The van der Waals surface area contributed by atoms with Gasteiger partial charge in [0.15, 0.2) is 0 Å². The first-order valence-electron chi connectivity index (χ1n) is 5.84. The van der Waals surface area contributed by atoms with E-state index < -0.39 is 0 Å². The largest absolute Gasteiger partial charge is 0.271 e. The molecule has 0 aliphatic rings. The van der Waals surface area contributed by atoms with Crippen LogP contribution in [0.4, 0.5) is 0 Å². The van der Waals surface area contributed by atoms with Gasteiger partial charge in [0.25, 0.3) is 0 Å². The minimum absolute atomic E-state index is 0.623. The highest BCUT2D eigenvalue weighted by Crippen LogP contribution is 2.35. The number of benzene rings is 3. The summed E-state index contributed by atoms with van der Waals surface area (Å²) in [7, 11) is 0. The van der Waals surface area contributed by atoms with Gasteiger partial charge < -0.3 is 0 Å². The average molecular weight is 257 g/mol. The molecule has 0 atom stereocenters. The van der Waals surface area contributed by atoms with Crippen LogP contribution in [0.2, 0.25) is 5.02 Å². The van der Waals surface area contributed by atoms with Crippen molar-refractivity contribution >= 4 is 33.1 Å².